The highest BCUT2D eigenvalue weighted by Crippen LogP contribution is 2.63. The fraction of sp³-hybridized carbons (Fsp3) is 0.457. The van der Waals surface area contributed by atoms with E-state index in [0.29, 0.717) is 58.4 Å². The average molecular weight is 586 g/mol. The van der Waals surface area contributed by atoms with Gasteiger partial charge in [0.2, 0.25) is 17.7 Å². The quantitative estimate of drug-likeness (QED) is 0.268. The minimum absolute atomic E-state index is 0.00249. The predicted octanol–water partition coefficient (Wildman–Crippen LogP) is 3.95. The van der Waals surface area contributed by atoms with Gasteiger partial charge in [-0.15, -0.1) is 13.2 Å². The second-order valence-electron chi connectivity index (χ2n) is 12.2. The summed E-state index contributed by atoms with van der Waals surface area (Å²) in [4.78, 5) is 48.5. The maximum atomic E-state index is 14.6. The van der Waals surface area contributed by atoms with Crippen molar-refractivity contribution in [3.63, 3.8) is 0 Å². The van der Waals surface area contributed by atoms with Crippen molar-refractivity contribution < 1.29 is 24.2 Å². The third-order valence-corrected chi connectivity index (χ3v) is 9.34. The van der Waals surface area contributed by atoms with Crippen molar-refractivity contribution in [3.8, 4) is 0 Å². The van der Waals surface area contributed by atoms with Gasteiger partial charge in [-0.05, 0) is 43.7 Å². The van der Waals surface area contributed by atoms with E-state index in [9.17, 15) is 19.5 Å². The summed E-state index contributed by atoms with van der Waals surface area (Å²) in [5, 5.41) is 9.48. The molecule has 5 rings (SSSR count). The Balaban J connectivity index is 1.51. The summed E-state index contributed by atoms with van der Waals surface area (Å²) in [6, 6.07) is 18.6. The normalized spacial score (nSPS) is 27.2. The zero-order chi connectivity index (χ0) is 30.6. The van der Waals surface area contributed by atoms with Crippen molar-refractivity contribution in [2.24, 2.45) is 11.8 Å². The molecule has 3 fully saturated rings. The summed E-state index contributed by atoms with van der Waals surface area (Å²) in [5.41, 5.74) is -0.0172. The van der Waals surface area contributed by atoms with Crippen LogP contribution in [-0.2, 0) is 32.2 Å². The summed E-state index contributed by atoms with van der Waals surface area (Å²) in [6.07, 6.45) is 5.54. The Kier molecular flexibility index (Phi) is 9.18. The third-order valence-electron chi connectivity index (χ3n) is 9.34. The molecular weight excluding hydrogens is 542 g/mol. The molecule has 0 aliphatic carbocycles. The van der Waals surface area contributed by atoms with Gasteiger partial charge in [-0.25, -0.2) is 0 Å². The number of unbranched alkanes of at least 4 members (excludes halogenated alkanes) is 1. The van der Waals surface area contributed by atoms with E-state index in [1.165, 1.54) is 0 Å². The molecule has 8 nitrogen and oxygen atoms in total. The van der Waals surface area contributed by atoms with E-state index in [0.717, 1.165) is 11.1 Å². The van der Waals surface area contributed by atoms with Gasteiger partial charge >= 0.3 is 0 Å². The minimum atomic E-state index is -1.11. The van der Waals surface area contributed by atoms with Crippen LogP contribution in [0.25, 0.3) is 0 Å². The lowest BCUT2D eigenvalue weighted by Crippen LogP contribution is -2.56. The van der Waals surface area contributed by atoms with Gasteiger partial charge in [0.25, 0.3) is 0 Å². The van der Waals surface area contributed by atoms with E-state index in [4.69, 9.17) is 4.74 Å². The topological polar surface area (TPSA) is 90.4 Å². The van der Waals surface area contributed by atoms with Crippen LogP contribution < -0.4 is 0 Å². The number of rotatable bonds is 14. The lowest BCUT2D eigenvalue weighted by Gasteiger charge is -2.37. The lowest BCUT2D eigenvalue weighted by atomic mass is 9.66. The molecule has 3 aliphatic heterocycles. The highest BCUT2D eigenvalue weighted by Gasteiger charge is 2.78. The maximum absolute atomic E-state index is 14.6. The van der Waals surface area contributed by atoms with Gasteiger partial charge in [0, 0.05) is 39.3 Å². The van der Waals surface area contributed by atoms with Crippen LogP contribution >= 0.6 is 0 Å². The molecule has 3 amide bonds. The number of benzene rings is 2. The molecule has 5 atom stereocenters. The van der Waals surface area contributed by atoms with Crippen LogP contribution in [0.1, 0.15) is 43.7 Å². The molecule has 0 saturated carbocycles. The zero-order valence-electron chi connectivity index (χ0n) is 25.1. The SMILES string of the molecule is C=CCN(Cc1ccccc1)C(=O)C1N(CCCCO)C(=O)[C@@H]2[C@@H](C(=O)N(CC=C)Cc3ccccc3)[C@@]3(C)CCC12O3. The van der Waals surface area contributed by atoms with Crippen LogP contribution in [0.5, 0.6) is 0 Å². The number of aliphatic hydroxyl groups is 1. The fourth-order valence-corrected chi connectivity index (χ4v) is 7.47. The molecule has 2 aromatic carbocycles. The molecule has 2 bridgehead atoms. The summed E-state index contributed by atoms with van der Waals surface area (Å²) in [7, 11) is 0. The summed E-state index contributed by atoms with van der Waals surface area (Å²) in [6.45, 7) is 11.4. The van der Waals surface area contributed by atoms with Crippen LogP contribution in [0.2, 0.25) is 0 Å². The molecule has 228 valence electrons. The number of hydrogen-bond donors (Lipinski definition) is 1. The van der Waals surface area contributed by atoms with E-state index in [1.807, 2.05) is 67.6 Å². The molecule has 3 heterocycles. The molecule has 0 aromatic heterocycles. The van der Waals surface area contributed by atoms with Gasteiger partial charge < -0.3 is 24.5 Å². The molecule has 3 aliphatic rings. The Labute approximate surface area is 254 Å². The average Bonchev–Trinajstić information content (AvgIpc) is 3.58. The number of amides is 3. The first-order valence-electron chi connectivity index (χ1n) is 15.3. The van der Waals surface area contributed by atoms with E-state index >= 15 is 0 Å². The number of likely N-dealkylation sites (tertiary alicyclic amines) is 1. The van der Waals surface area contributed by atoms with Crippen LogP contribution in [0, 0.1) is 11.8 Å². The van der Waals surface area contributed by atoms with Crippen molar-refractivity contribution >= 4 is 17.7 Å². The predicted molar refractivity (Wildman–Crippen MR) is 164 cm³/mol. The smallest absolute Gasteiger partial charge is 0.248 e. The summed E-state index contributed by atoms with van der Waals surface area (Å²) in [5.74, 6) is -2.06. The van der Waals surface area contributed by atoms with Gasteiger partial charge in [-0.3, -0.25) is 14.4 Å². The molecule has 8 heteroatoms. The Morgan fingerprint density at radius 3 is 2.02 bits per heavy atom. The standard InChI is InChI=1S/C35H43N3O5/c1-4-20-36(24-26-14-8-6-9-15-26)31(40)28-29-32(41)38(22-12-13-23-39)30(35(29)19-18-34(28,3)43-35)33(42)37(21-5-2)25-27-16-10-7-11-17-27/h4-11,14-17,28-30,39H,1-2,12-13,18-25H2,3H3/t28-,29-,30?,34+,35?/m0/s1. The highest BCUT2D eigenvalue weighted by molar-refractivity contribution is 5.99. The van der Waals surface area contributed by atoms with Crippen LogP contribution in [-0.4, -0.2) is 81.0 Å². The Hall–Kier alpha value is -3.75. The molecule has 0 radical (unpaired) electrons. The van der Waals surface area contributed by atoms with Crippen molar-refractivity contribution in [1.82, 2.24) is 14.7 Å². The van der Waals surface area contributed by atoms with Gasteiger partial charge in [0.1, 0.15) is 11.6 Å². The second kappa shape index (κ2) is 12.9. The Morgan fingerprint density at radius 2 is 1.49 bits per heavy atom. The largest absolute Gasteiger partial charge is 0.396 e. The van der Waals surface area contributed by atoms with E-state index < -0.39 is 29.1 Å². The summed E-state index contributed by atoms with van der Waals surface area (Å²) < 4.78 is 6.84. The summed E-state index contributed by atoms with van der Waals surface area (Å²) >= 11 is 0. The number of nitrogens with zero attached hydrogens (tertiary/aromatic N) is 3. The van der Waals surface area contributed by atoms with Gasteiger partial charge in [-0.1, -0.05) is 72.8 Å². The number of aliphatic hydroxyl groups excluding tert-OH is 1. The van der Waals surface area contributed by atoms with Crippen molar-refractivity contribution in [3.05, 3.63) is 97.1 Å². The van der Waals surface area contributed by atoms with E-state index in [1.54, 1.807) is 26.9 Å². The molecular formula is C35H43N3O5. The number of fused-ring (bicyclic) bond motifs is 1. The van der Waals surface area contributed by atoms with Crippen LogP contribution in [0.4, 0.5) is 0 Å². The molecule has 1 N–H and O–H groups in total. The Bertz CT molecular complexity index is 1330. The Morgan fingerprint density at radius 1 is 0.930 bits per heavy atom. The van der Waals surface area contributed by atoms with E-state index in [2.05, 4.69) is 13.2 Å². The van der Waals surface area contributed by atoms with Gasteiger partial charge in [0.15, 0.2) is 0 Å². The number of hydrogen-bond acceptors (Lipinski definition) is 5. The highest BCUT2D eigenvalue weighted by atomic mass is 16.5. The molecule has 2 aromatic rings. The van der Waals surface area contributed by atoms with Crippen molar-refractivity contribution in [2.45, 2.75) is 62.9 Å². The first-order chi connectivity index (χ1) is 20.8. The van der Waals surface area contributed by atoms with Crippen LogP contribution in [0.15, 0.2) is 86.0 Å². The monoisotopic (exact) mass is 585 g/mol. The number of carbonyl (C=O) groups is 3. The fourth-order valence-electron chi connectivity index (χ4n) is 7.47. The lowest BCUT2D eigenvalue weighted by molar-refractivity contribution is -0.154. The number of ether oxygens (including phenoxy) is 1. The molecule has 43 heavy (non-hydrogen) atoms. The minimum Gasteiger partial charge on any atom is -0.396 e. The van der Waals surface area contributed by atoms with Gasteiger partial charge in [-0.2, -0.15) is 0 Å². The van der Waals surface area contributed by atoms with Crippen molar-refractivity contribution in [2.75, 3.05) is 26.2 Å². The zero-order valence-corrected chi connectivity index (χ0v) is 25.1. The van der Waals surface area contributed by atoms with E-state index in [-0.39, 0.29) is 24.3 Å². The number of carbonyl (C=O) groups excluding carboxylic acids is 3. The van der Waals surface area contributed by atoms with Crippen molar-refractivity contribution in [1.29, 1.82) is 0 Å². The molecule has 3 saturated heterocycles. The molecule has 2 unspecified atom stereocenters. The first kappa shape index (κ1) is 30.7. The van der Waals surface area contributed by atoms with Crippen LogP contribution in [0.3, 0.4) is 0 Å². The molecule has 1 spiro atoms. The maximum Gasteiger partial charge on any atom is 0.248 e. The first-order valence-corrected chi connectivity index (χ1v) is 15.3. The third kappa shape index (κ3) is 5.66. The van der Waals surface area contributed by atoms with Gasteiger partial charge in [0.05, 0.1) is 17.4 Å². The second-order valence-corrected chi connectivity index (χ2v) is 12.2.